The predicted octanol–water partition coefficient (Wildman–Crippen LogP) is 5.74. The highest BCUT2D eigenvalue weighted by Crippen LogP contribution is 2.42. The Bertz CT molecular complexity index is 519. The lowest BCUT2D eigenvalue weighted by atomic mass is 9.73. The summed E-state index contributed by atoms with van der Waals surface area (Å²) in [5.74, 6) is 0.583. The zero-order valence-electron chi connectivity index (χ0n) is 12.3. The Hall–Kier alpha value is -1.56. The molecule has 0 aromatic heterocycles. The molecule has 0 amide bonds. The van der Waals surface area contributed by atoms with Gasteiger partial charge in [-0.1, -0.05) is 75.9 Å². The van der Waals surface area contributed by atoms with Crippen LogP contribution in [0.4, 0.5) is 0 Å². The van der Waals surface area contributed by atoms with Gasteiger partial charge in [0.2, 0.25) is 0 Å². The molecule has 0 saturated carbocycles. The van der Waals surface area contributed by atoms with Gasteiger partial charge in [-0.3, -0.25) is 0 Å². The van der Waals surface area contributed by atoms with E-state index < -0.39 is 0 Å². The van der Waals surface area contributed by atoms with Crippen molar-refractivity contribution < 1.29 is 0 Å². The summed E-state index contributed by atoms with van der Waals surface area (Å²) in [6.45, 7) is 11.2. The van der Waals surface area contributed by atoms with Gasteiger partial charge >= 0.3 is 0 Å². The summed E-state index contributed by atoms with van der Waals surface area (Å²) in [6.07, 6.45) is 11.0. The topological polar surface area (TPSA) is 0 Å². The zero-order chi connectivity index (χ0) is 13.9. The second-order valence-corrected chi connectivity index (χ2v) is 5.78. The van der Waals surface area contributed by atoms with Crippen LogP contribution in [0.5, 0.6) is 0 Å². The van der Waals surface area contributed by atoms with E-state index in [1.807, 2.05) is 0 Å². The fourth-order valence-electron chi connectivity index (χ4n) is 2.68. The van der Waals surface area contributed by atoms with Crippen LogP contribution in [-0.2, 0) is 0 Å². The molecule has 1 aliphatic rings. The number of benzene rings is 1. The minimum atomic E-state index is 0.0539. The number of hydrogen-bond acceptors (Lipinski definition) is 0. The molecule has 0 radical (unpaired) electrons. The van der Waals surface area contributed by atoms with Gasteiger partial charge in [0.25, 0.3) is 0 Å². The predicted molar refractivity (Wildman–Crippen MR) is 85.2 cm³/mol. The standard InChI is InChI=1S/C19H24/c1-5-15(2)17-11-7-8-12-18(17)16(3)19(4)13-9-6-10-14-19/h6-13,15H,3,5,14H2,1-2,4H3. The molecule has 0 spiro atoms. The molecule has 1 aromatic carbocycles. The van der Waals surface area contributed by atoms with Gasteiger partial charge in [-0.25, -0.2) is 0 Å². The third kappa shape index (κ3) is 2.73. The van der Waals surface area contributed by atoms with Crippen LogP contribution in [0.2, 0.25) is 0 Å². The first-order valence-electron chi connectivity index (χ1n) is 7.21. The minimum Gasteiger partial charge on any atom is -0.0943 e. The van der Waals surface area contributed by atoms with Gasteiger partial charge in [0, 0.05) is 5.41 Å². The first-order chi connectivity index (χ1) is 9.08. The third-order valence-electron chi connectivity index (χ3n) is 4.37. The summed E-state index contributed by atoms with van der Waals surface area (Å²) in [7, 11) is 0. The van der Waals surface area contributed by atoms with Crippen LogP contribution in [0.3, 0.4) is 0 Å². The summed E-state index contributed by atoms with van der Waals surface area (Å²) in [4.78, 5) is 0. The second kappa shape index (κ2) is 5.61. The van der Waals surface area contributed by atoms with E-state index in [4.69, 9.17) is 0 Å². The van der Waals surface area contributed by atoms with Crippen molar-refractivity contribution in [1.29, 1.82) is 0 Å². The van der Waals surface area contributed by atoms with Gasteiger partial charge in [-0.05, 0) is 35.5 Å². The average Bonchev–Trinajstić information content (AvgIpc) is 2.46. The zero-order valence-corrected chi connectivity index (χ0v) is 12.3. The lowest BCUT2D eigenvalue weighted by molar-refractivity contribution is 0.577. The van der Waals surface area contributed by atoms with Crippen LogP contribution < -0.4 is 0 Å². The van der Waals surface area contributed by atoms with Crippen LogP contribution in [0.15, 0.2) is 55.1 Å². The molecule has 0 N–H and O–H groups in total. The van der Waals surface area contributed by atoms with E-state index in [-0.39, 0.29) is 5.41 Å². The van der Waals surface area contributed by atoms with Crippen LogP contribution in [0, 0.1) is 5.41 Å². The van der Waals surface area contributed by atoms with E-state index in [1.165, 1.54) is 16.7 Å². The summed E-state index contributed by atoms with van der Waals surface area (Å²) in [5, 5.41) is 0. The first kappa shape index (κ1) is 13.9. The molecule has 2 rings (SSSR count). The van der Waals surface area contributed by atoms with Gasteiger partial charge in [0.1, 0.15) is 0 Å². The molecule has 100 valence electrons. The Morgan fingerprint density at radius 2 is 2.05 bits per heavy atom. The van der Waals surface area contributed by atoms with Crippen molar-refractivity contribution >= 4 is 5.57 Å². The van der Waals surface area contributed by atoms with Crippen molar-refractivity contribution in [2.75, 3.05) is 0 Å². The Labute approximate surface area is 117 Å². The Kier molecular flexibility index (Phi) is 4.09. The maximum atomic E-state index is 4.41. The lowest BCUT2D eigenvalue weighted by Crippen LogP contribution is -2.17. The molecular formula is C19H24. The van der Waals surface area contributed by atoms with Crippen molar-refractivity contribution in [2.45, 2.75) is 39.5 Å². The van der Waals surface area contributed by atoms with Crippen LogP contribution in [-0.4, -0.2) is 0 Å². The van der Waals surface area contributed by atoms with Crippen molar-refractivity contribution in [2.24, 2.45) is 5.41 Å². The van der Waals surface area contributed by atoms with E-state index >= 15 is 0 Å². The minimum absolute atomic E-state index is 0.0539. The smallest absolute Gasteiger partial charge is 0.0141 e. The van der Waals surface area contributed by atoms with E-state index in [1.54, 1.807) is 0 Å². The highest BCUT2D eigenvalue weighted by Gasteiger charge is 2.27. The fraction of sp³-hybridized carbons (Fsp3) is 0.368. The van der Waals surface area contributed by atoms with Crippen molar-refractivity contribution in [1.82, 2.24) is 0 Å². The largest absolute Gasteiger partial charge is 0.0943 e. The van der Waals surface area contributed by atoms with E-state index in [2.05, 4.69) is 75.9 Å². The summed E-state index contributed by atoms with van der Waals surface area (Å²) >= 11 is 0. The second-order valence-electron chi connectivity index (χ2n) is 5.78. The van der Waals surface area contributed by atoms with E-state index in [0.29, 0.717) is 5.92 Å². The molecule has 0 nitrogen and oxygen atoms in total. The molecule has 0 saturated heterocycles. The molecular weight excluding hydrogens is 228 g/mol. The summed E-state index contributed by atoms with van der Waals surface area (Å²) in [6, 6.07) is 8.73. The highest BCUT2D eigenvalue weighted by molar-refractivity contribution is 5.73. The SMILES string of the molecule is C=C(c1ccccc1C(C)CC)C1(C)C=CC=CC1. The van der Waals surface area contributed by atoms with Crippen LogP contribution >= 0.6 is 0 Å². The lowest BCUT2D eigenvalue weighted by Gasteiger charge is -2.31. The van der Waals surface area contributed by atoms with Crippen molar-refractivity contribution in [3.8, 4) is 0 Å². The Morgan fingerprint density at radius 3 is 2.68 bits per heavy atom. The van der Waals surface area contributed by atoms with Gasteiger partial charge in [-0.15, -0.1) is 0 Å². The molecule has 19 heavy (non-hydrogen) atoms. The van der Waals surface area contributed by atoms with Crippen molar-refractivity contribution in [3.05, 3.63) is 66.3 Å². The molecule has 1 aliphatic carbocycles. The first-order valence-corrected chi connectivity index (χ1v) is 7.21. The van der Waals surface area contributed by atoms with E-state index in [0.717, 1.165) is 12.8 Å². The van der Waals surface area contributed by atoms with Crippen LogP contribution in [0.25, 0.3) is 5.57 Å². The molecule has 0 aliphatic heterocycles. The van der Waals surface area contributed by atoms with Crippen LogP contribution in [0.1, 0.15) is 50.7 Å². The van der Waals surface area contributed by atoms with Gasteiger partial charge in [0.05, 0.1) is 0 Å². The fourth-order valence-corrected chi connectivity index (χ4v) is 2.68. The summed E-state index contributed by atoms with van der Waals surface area (Å²) < 4.78 is 0. The molecule has 1 aromatic rings. The van der Waals surface area contributed by atoms with Gasteiger partial charge in [0.15, 0.2) is 0 Å². The van der Waals surface area contributed by atoms with Crippen molar-refractivity contribution in [3.63, 3.8) is 0 Å². The monoisotopic (exact) mass is 252 g/mol. The quantitative estimate of drug-likeness (QED) is 0.641. The van der Waals surface area contributed by atoms with E-state index in [9.17, 15) is 0 Å². The summed E-state index contributed by atoms with van der Waals surface area (Å²) in [5.41, 5.74) is 4.06. The van der Waals surface area contributed by atoms with Gasteiger partial charge in [-0.2, -0.15) is 0 Å². The highest BCUT2D eigenvalue weighted by atomic mass is 14.3. The average molecular weight is 252 g/mol. The van der Waals surface area contributed by atoms with Gasteiger partial charge < -0.3 is 0 Å². The normalized spacial score (nSPS) is 23.3. The molecule has 0 bridgehead atoms. The molecule has 2 unspecified atom stereocenters. The number of hydrogen-bond donors (Lipinski definition) is 0. The number of allylic oxidation sites excluding steroid dienone is 5. The maximum absolute atomic E-state index is 4.41. The third-order valence-corrected chi connectivity index (χ3v) is 4.37. The Morgan fingerprint density at radius 1 is 1.32 bits per heavy atom. The number of rotatable bonds is 4. The maximum Gasteiger partial charge on any atom is 0.0141 e. The Balaban J connectivity index is 2.39. The molecule has 0 heteroatoms. The molecule has 0 fully saturated rings. The molecule has 0 heterocycles. The molecule has 2 atom stereocenters.